The van der Waals surface area contributed by atoms with Gasteiger partial charge in [-0.05, 0) is 62.0 Å². The molecule has 1 saturated heterocycles. The lowest BCUT2D eigenvalue weighted by atomic mass is 9.65. The Hall–Kier alpha value is -0.860. The first-order chi connectivity index (χ1) is 10.2. The van der Waals surface area contributed by atoms with Crippen LogP contribution in [0.15, 0.2) is 24.3 Å². The normalized spacial score (nSPS) is 34.8. The fourth-order valence-corrected chi connectivity index (χ4v) is 5.16. The first-order valence-corrected chi connectivity index (χ1v) is 8.73. The fourth-order valence-electron chi connectivity index (χ4n) is 5.16. The zero-order valence-electron chi connectivity index (χ0n) is 12.9. The van der Waals surface area contributed by atoms with E-state index in [1.807, 2.05) is 0 Å². The Labute approximate surface area is 128 Å². The summed E-state index contributed by atoms with van der Waals surface area (Å²) in [6, 6.07) is 8.88. The molecule has 114 valence electrons. The molecular weight excluding hydrogens is 258 g/mol. The number of rotatable bonds is 1. The van der Waals surface area contributed by atoms with Crippen molar-refractivity contribution in [2.75, 3.05) is 6.61 Å². The highest BCUT2D eigenvalue weighted by molar-refractivity contribution is 5.36. The molecule has 2 atom stereocenters. The van der Waals surface area contributed by atoms with Crippen LogP contribution in [0.1, 0.15) is 62.5 Å². The molecule has 0 aromatic heterocycles. The van der Waals surface area contributed by atoms with Gasteiger partial charge in [0, 0.05) is 12.1 Å². The van der Waals surface area contributed by atoms with Crippen molar-refractivity contribution in [2.45, 2.75) is 68.9 Å². The molecular formula is C19H27NO. The molecule has 0 radical (unpaired) electrons. The number of hydrogen-bond acceptors (Lipinski definition) is 2. The summed E-state index contributed by atoms with van der Waals surface area (Å²) in [5.74, 6) is 0.589. The fraction of sp³-hybridized carbons (Fsp3) is 0.684. The highest BCUT2D eigenvalue weighted by Crippen LogP contribution is 2.49. The molecule has 2 unspecified atom stereocenters. The minimum atomic E-state index is -0.117. The molecule has 1 aromatic rings. The van der Waals surface area contributed by atoms with E-state index in [4.69, 9.17) is 10.5 Å². The number of nitrogens with two attached hydrogens (primary N) is 1. The second-order valence-corrected chi connectivity index (χ2v) is 7.48. The molecule has 2 nitrogen and oxygen atoms in total. The molecule has 1 aromatic carbocycles. The van der Waals surface area contributed by atoms with Crippen LogP contribution < -0.4 is 5.73 Å². The standard InChI is InChI=1S/C19H27NO/c20-19(12-5-7-15-6-1-2-8-17(15)19)16-9-13-21-18(14-16)10-3-4-11-18/h1-2,6,8,16H,3-5,7,9-14,20H2. The maximum atomic E-state index is 7.04. The van der Waals surface area contributed by atoms with E-state index < -0.39 is 0 Å². The first-order valence-electron chi connectivity index (χ1n) is 8.73. The van der Waals surface area contributed by atoms with Crippen LogP contribution in [-0.2, 0) is 16.7 Å². The van der Waals surface area contributed by atoms with Crippen LogP contribution in [0.5, 0.6) is 0 Å². The van der Waals surface area contributed by atoms with Gasteiger partial charge in [-0.15, -0.1) is 0 Å². The Morgan fingerprint density at radius 1 is 1.05 bits per heavy atom. The van der Waals surface area contributed by atoms with Gasteiger partial charge < -0.3 is 10.5 Å². The van der Waals surface area contributed by atoms with Gasteiger partial charge in [-0.3, -0.25) is 0 Å². The zero-order valence-corrected chi connectivity index (χ0v) is 12.9. The lowest BCUT2D eigenvalue weighted by molar-refractivity contribution is -0.107. The van der Waals surface area contributed by atoms with Crippen LogP contribution in [0.3, 0.4) is 0 Å². The summed E-state index contributed by atoms with van der Waals surface area (Å²) in [5, 5.41) is 0. The van der Waals surface area contributed by atoms with Crippen molar-refractivity contribution in [1.29, 1.82) is 0 Å². The SMILES string of the molecule is NC1(C2CCOC3(CCCC3)C2)CCCc2ccccc21. The van der Waals surface area contributed by atoms with Crippen LogP contribution in [-0.4, -0.2) is 12.2 Å². The van der Waals surface area contributed by atoms with Crippen molar-refractivity contribution in [3.05, 3.63) is 35.4 Å². The second kappa shape index (κ2) is 5.10. The number of aryl methyl sites for hydroxylation is 1. The summed E-state index contributed by atoms with van der Waals surface area (Å²) in [4.78, 5) is 0. The average Bonchev–Trinajstić information content (AvgIpc) is 2.96. The lowest BCUT2D eigenvalue weighted by Gasteiger charge is -2.48. The van der Waals surface area contributed by atoms with Crippen LogP contribution >= 0.6 is 0 Å². The average molecular weight is 285 g/mol. The Balaban J connectivity index is 1.66. The number of benzene rings is 1. The van der Waals surface area contributed by atoms with Gasteiger partial charge in [0.05, 0.1) is 5.60 Å². The Kier molecular flexibility index (Phi) is 3.35. The van der Waals surface area contributed by atoms with Crippen LogP contribution in [0.4, 0.5) is 0 Å². The van der Waals surface area contributed by atoms with E-state index in [0.717, 1.165) is 19.4 Å². The lowest BCUT2D eigenvalue weighted by Crippen LogP contribution is -2.52. The highest BCUT2D eigenvalue weighted by atomic mass is 16.5. The summed E-state index contributed by atoms with van der Waals surface area (Å²) in [7, 11) is 0. The second-order valence-electron chi connectivity index (χ2n) is 7.48. The Morgan fingerprint density at radius 2 is 1.86 bits per heavy atom. The summed E-state index contributed by atoms with van der Waals surface area (Å²) >= 11 is 0. The first kappa shape index (κ1) is 13.8. The quantitative estimate of drug-likeness (QED) is 0.849. The summed E-state index contributed by atoms with van der Waals surface area (Å²) in [6.07, 6.45) is 11.1. The molecule has 21 heavy (non-hydrogen) atoms. The van der Waals surface area contributed by atoms with Gasteiger partial charge in [0.15, 0.2) is 0 Å². The highest BCUT2D eigenvalue weighted by Gasteiger charge is 2.47. The van der Waals surface area contributed by atoms with Crippen molar-refractivity contribution in [2.24, 2.45) is 11.7 Å². The molecule has 4 rings (SSSR count). The predicted octanol–water partition coefficient (Wildman–Crippen LogP) is 3.92. The van der Waals surface area contributed by atoms with E-state index in [0.29, 0.717) is 5.92 Å². The van der Waals surface area contributed by atoms with Crippen molar-refractivity contribution in [3.63, 3.8) is 0 Å². The van der Waals surface area contributed by atoms with Gasteiger partial charge in [0.1, 0.15) is 0 Å². The molecule has 0 amide bonds. The van der Waals surface area contributed by atoms with Gasteiger partial charge in [-0.25, -0.2) is 0 Å². The summed E-state index contributed by atoms with van der Waals surface area (Å²) < 4.78 is 6.22. The Morgan fingerprint density at radius 3 is 2.71 bits per heavy atom. The largest absolute Gasteiger partial charge is 0.375 e. The molecule has 3 aliphatic rings. The van der Waals surface area contributed by atoms with Gasteiger partial charge in [0.2, 0.25) is 0 Å². The molecule has 0 bridgehead atoms. The molecule has 2 heteroatoms. The molecule has 2 aliphatic carbocycles. The van der Waals surface area contributed by atoms with E-state index in [9.17, 15) is 0 Å². The molecule has 1 saturated carbocycles. The Bertz CT molecular complexity index is 520. The van der Waals surface area contributed by atoms with Gasteiger partial charge in [-0.1, -0.05) is 37.1 Å². The maximum Gasteiger partial charge on any atom is 0.0686 e. The summed E-state index contributed by atoms with van der Waals surface area (Å²) in [5.41, 5.74) is 10.0. The maximum absolute atomic E-state index is 7.04. The third kappa shape index (κ3) is 2.24. The third-order valence-corrected chi connectivity index (χ3v) is 6.29. The van der Waals surface area contributed by atoms with Crippen LogP contribution in [0.25, 0.3) is 0 Å². The van der Waals surface area contributed by atoms with Gasteiger partial charge in [-0.2, -0.15) is 0 Å². The third-order valence-electron chi connectivity index (χ3n) is 6.29. The van der Waals surface area contributed by atoms with Gasteiger partial charge in [0.25, 0.3) is 0 Å². The van der Waals surface area contributed by atoms with Crippen molar-refractivity contribution in [3.8, 4) is 0 Å². The molecule has 2 fully saturated rings. The minimum Gasteiger partial charge on any atom is -0.375 e. The zero-order chi connectivity index (χ0) is 14.3. The predicted molar refractivity (Wildman–Crippen MR) is 85.1 cm³/mol. The topological polar surface area (TPSA) is 35.2 Å². The van der Waals surface area contributed by atoms with E-state index in [2.05, 4.69) is 24.3 Å². The van der Waals surface area contributed by atoms with E-state index in [-0.39, 0.29) is 11.1 Å². The molecule has 1 heterocycles. The van der Waals surface area contributed by atoms with Crippen LogP contribution in [0.2, 0.25) is 0 Å². The van der Waals surface area contributed by atoms with E-state index in [1.54, 1.807) is 0 Å². The van der Waals surface area contributed by atoms with E-state index >= 15 is 0 Å². The molecule has 2 N–H and O–H groups in total. The monoisotopic (exact) mass is 285 g/mol. The summed E-state index contributed by atoms with van der Waals surface area (Å²) in [6.45, 7) is 0.909. The smallest absolute Gasteiger partial charge is 0.0686 e. The molecule has 1 aliphatic heterocycles. The van der Waals surface area contributed by atoms with Crippen molar-refractivity contribution >= 4 is 0 Å². The van der Waals surface area contributed by atoms with Crippen LogP contribution in [0, 0.1) is 5.92 Å². The molecule has 1 spiro atoms. The van der Waals surface area contributed by atoms with E-state index in [1.165, 1.54) is 56.1 Å². The minimum absolute atomic E-state index is 0.117. The van der Waals surface area contributed by atoms with Gasteiger partial charge >= 0.3 is 0 Å². The number of fused-ring (bicyclic) bond motifs is 1. The van der Waals surface area contributed by atoms with Crippen molar-refractivity contribution < 1.29 is 4.74 Å². The number of ether oxygens (including phenoxy) is 1. The van der Waals surface area contributed by atoms with Crippen molar-refractivity contribution in [1.82, 2.24) is 0 Å². The number of hydrogen-bond donors (Lipinski definition) is 1.